The highest BCUT2D eigenvalue weighted by atomic mass is 32.2. The first-order valence-corrected chi connectivity index (χ1v) is 12.0. The monoisotopic (exact) mass is 499 g/mol. The van der Waals surface area contributed by atoms with Crippen molar-refractivity contribution < 1.29 is 31.9 Å². The standard InChI is InChI=1S/C24H22FN3O6S/c1-28(14-23(29)27-19-8-6-18(25)7-9-19)24(30)17-3-2-4-20(12-17)35(31,32)26-13-16-5-10-21-22(11-16)34-15-33-21/h2-12,26H,13-15H2,1H3,(H,27,29). The molecule has 0 saturated heterocycles. The highest BCUT2D eigenvalue weighted by Crippen LogP contribution is 2.32. The lowest BCUT2D eigenvalue weighted by Crippen LogP contribution is -2.35. The van der Waals surface area contributed by atoms with Crippen LogP contribution in [0.5, 0.6) is 11.5 Å². The summed E-state index contributed by atoms with van der Waals surface area (Å²) in [4.78, 5) is 26.1. The van der Waals surface area contributed by atoms with Crippen LogP contribution >= 0.6 is 0 Å². The topological polar surface area (TPSA) is 114 Å². The fraction of sp³-hybridized carbons (Fsp3) is 0.167. The van der Waals surface area contributed by atoms with E-state index in [-0.39, 0.29) is 30.3 Å². The number of nitrogens with zero attached hydrogens (tertiary/aromatic N) is 1. The molecule has 3 aromatic rings. The van der Waals surface area contributed by atoms with E-state index in [0.29, 0.717) is 22.7 Å². The molecule has 2 amide bonds. The number of carbonyl (C=O) groups is 2. The van der Waals surface area contributed by atoms with E-state index < -0.39 is 27.7 Å². The van der Waals surface area contributed by atoms with Gasteiger partial charge in [0.1, 0.15) is 5.82 Å². The number of amides is 2. The van der Waals surface area contributed by atoms with Gasteiger partial charge < -0.3 is 19.7 Å². The van der Waals surface area contributed by atoms with Crippen molar-refractivity contribution >= 4 is 27.5 Å². The SMILES string of the molecule is CN(CC(=O)Nc1ccc(F)cc1)C(=O)c1cccc(S(=O)(=O)NCc2ccc3c(c2)OCO3)c1. The van der Waals surface area contributed by atoms with Crippen molar-refractivity contribution in [3.05, 3.63) is 83.7 Å². The molecule has 0 aromatic heterocycles. The fourth-order valence-corrected chi connectivity index (χ4v) is 4.41. The molecule has 0 radical (unpaired) electrons. The molecule has 1 aliphatic heterocycles. The average Bonchev–Trinajstić information content (AvgIpc) is 3.32. The molecular formula is C24H22FN3O6S. The Morgan fingerprint density at radius 3 is 2.51 bits per heavy atom. The molecule has 0 fully saturated rings. The van der Waals surface area contributed by atoms with Crippen LogP contribution < -0.4 is 19.5 Å². The van der Waals surface area contributed by atoms with Crippen LogP contribution in [0.2, 0.25) is 0 Å². The van der Waals surface area contributed by atoms with Gasteiger partial charge >= 0.3 is 0 Å². The molecule has 2 N–H and O–H groups in total. The number of benzene rings is 3. The summed E-state index contributed by atoms with van der Waals surface area (Å²) in [6.45, 7) is -0.149. The van der Waals surface area contributed by atoms with Gasteiger partial charge in [0.2, 0.25) is 22.7 Å². The quantitative estimate of drug-likeness (QED) is 0.493. The number of likely N-dealkylation sites (N-methyl/N-ethyl adjacent to an activating group) is 1. The third-order valence-electron chi connectivity index (χ3n) is 5.15. The number of carbonyl (C=O) groups excluding carboxylic acids is 2. The van der Waals surface area contributed by atoms with Crippen LogP contribution in [0.4, 0.5) is 10.1 Å². The number of hydrogen-bond donors (Lipinski definition) is 2. The zero-order valence-electron chi connectivity index (χ0n) is 18.7. The Labute approximate surface area is 201 Å². The maximum absolute atomic E-state index is 13.0. The molecule has 0 saturated carbocycles. The van der Waals surface area contributed by atoms with E-state index in [1.807, 2.05) is 0 Å². The second kappa shape index (κ2) is 10.1. The summed E-state index contributed by atoms with van der Waals surface area (Å²) in [6.07, 6.45) is 0. The molecule has 0 aliphatic carbocycles. The van der Waals surface area contributed by atoms with Crippen LogP contribution in [-0.4, -0.2) is 45.5 Å². The van der Waals surface area contributed by atoms with E-state index in [9.17, 15) is 22.4 Å². The molecule has 0 atom stereocenters. The summed E-state index contributed by atoms with van der Waals surface area (Å²) >= 11 is 0. The maximum Gasteiger partial charge on any atom is 0.254 e. The molecule has 11 heteroatoms. The third kappa shape index (κ3) is 5.94. The van der Waals surface area contributed by atoms with Crippen LogP contribution in [0.25, 0.3) is 0 Å². The van der Waals surface area contributed by atoms with Gasteiger partial charge in [-0.05, 0) is 60.2 Å². The van der Waals surface area contributed by atoms with Crippen LogP contribution in [-0.2, 0) is 21.4 Å². The van der Waals surface area contributed by atoms with E-state index in [2.05, 4.69) is 10.0 Å². The predicted molar refractivity (Wildman–Crippen MR) is 125 cm³/mol. The molecule has 9 nitrogen and oxygen atoms in total. The maximum atomic E-state index is 13.0. The van der Waals surface area contributed by atoms with E-state index in [1.54, 1.807) is 18.2 Å². The molecule has 0 bridgehead atoms. The van der Waals surface area contributed by atoms with Gasteiger partial charge in [0.25, 0.3) is 5.91 Å². The molecule has 1 aliphatic rings. The van der Waals surface area contributed by atoms with Gasteiger partial charge in [-0.15, -0.1) is 0 Å². The first kappa shape index (κ1) is 24.2. The number of sulfonamides is 1. The van der Waals surface area contributed by atoms with Gasteiger partial charge in [-0.25, -0.2) is 17.5 Å². The van der Waals surface area contributed by atoms with Crippen molar-refractivity contribution in [1.82, 2.24) is 9.62 Å². The van der Waals surface area contributed by atoms with Gasteiger partial charge in [0.15, 0.2) is 11.5 Å². The Balaban J connectivity index is 1.38. The number of rotatable bonds is 8. The highest BCUT2D eigenvalue weighted by Gasteiger charge is 2.20. The van der Waals surface area contributed by atoms with Crippen molar-refractivity contribution in [1.29, 1.82) is 0 Å². The second-order valence-electron chi connectivity index (χ2n) is 7.76. The largest absolute Gasteiger partial charge is 0.454 e. The average molecular weight is 500 g/mol. The minimum Gasteiger partial charge on any atom is -0.454 e. The smallest absolute Gasteiger partial charge is 0.254 e. The molecule has 182 valence electrons. The Morgan fingerprint density at radius 1 is 1.00 bits per heavy atom. The van der Waals surface area contributed by atoms with Gasteiger partial charge in [-0.3, -0.25) is 9.59 Å². The van der Waals surface area contributed by atoms with E-state index >= 15 is 0 Å². The van der Waals surface area contributed by atoms with Gasteiger partial charge in [0, 0.05) is 24.8 Å². The Kier molecular flexibility index (Phi) is 6.99. The van der Waals surface area contributed by atoms with Crippen LogP contribution in [0.3, 0.4) is 0 Å². The van der Waals surface area contributed by atoms with Crippen LogP contribution in [0.15, 0.2) is 71.6 Å². The zero-order chi connectivity index (χ0) is 25.0. The lowest BCUT2D eigenvalue weighted by Gasteiger charge is -2.17. The number of hydrogen-bond acceptors (Lipinski definition) is 6. The second-order valence-corrected chi connectivity index (χ2v) is 9.52. The Morgan fingerprint density at radius 2 is 1.74 bits per heavy atom. The zero-order valence-corrected chi connectivity index (χ0v) is 19.5. The van der Waals surface area contributed by atoms with Gasteiger partial charge in [-0.2, -0.15) is 0 Å². The fourth-order valence-electron chi connectivity index (χ4n) is 3.35. The molecule has 35 heavy (non-hydrogen) atoms. The molecular weight excluding hydrogens is 477 g/mol. The minimum absolute atomic E-state index is 0.0145. The number of fused-ring (bicyclic) bond motifs is 1. The van der Waals surface area contributed by atoms with Crippen LogP contribution in [0.1, 0.15) is 15.9 Å². The number of anilines is 1. The number of nitrogens with one attached hydrogen (secondary N) is 2. The highest BCUT2D eigenvalue weighted by molar-refractivity contribution is 7.89. The molecule has 0 spiro atoms. The summed E-state index contributed by atoms with van der Waals surface area (Å²) in [7, 11) is -2.50. The molecule has 1 heterocycles. The molecule has 4 rings (SSSR count). The Hall–Kier alpha value is -3.96. The van der Waals surface area contributed by atoms with E-state index in [0.717, 1.165) is 4.90 Å². The summed E-state index contributed by atoms with van der Waals surface area (Å²) < 4.78 is 51.7. The van der Waals surface area contributed by atoms with Crippen molar-refractivity contribution in [2.45, 2.75) is 11.4 Å². The molecule has 0 unspecified atom stereocenters. The van der Waals surface area contributed by atoms with Crippen molar-refractivity contribution in [3.63, 3.8) is 0 Å². The van der Waals surface area contributed by atoms with Crippen molar-refractivity contribution in [2.75, 3.05) is 25.7 Å². The lowest BCUT2D eigenvalue weighted by atomic mass is 10.2. The summed E-state index contributed by atoms with van der Waals surface area (Å²) in [6, 6.07) is 15.9. The number of ether oxygens (including phenoxy) is 2. The van der Waals surface area contributed by atoms with Crippen molar-refractivity contribution in [2.24, 2.45) is 0 Å². The summed E-state index contributed by atoms with van der Waals surface area (Å²) in [5.41, 5.74) is 1.17. The predicted octanol–water partition coefficient (Wildman–Crippen LogP) is 2.74. The van der Waals surface area contributed by atoms with E-state index in [4.69, 9.17) is 9.47 Å². The summed E-state index contributed by atoms with van der Waals surface area (Å²) in [5.74, 6) is -0.316. The molecule has 3 aromatic carbocycles. The van der Waals surface area contributed by atoms with Gasteiger partial charge in [0.05, 0.1) is 11.4 Å². The van der Waals surface area contributed by atoms with Gasteiger partial charge in [-0.1, -0.05) is 12.1 Å². The first-order valence-electron chi connectivity index (χ1n) is 10.5. The number of halogens is 1. The first-order chi connectivity index (χ1) is 16.7. The van der Waals surface area contributed by atoms with E-state index in [1.165, 1.54) is 55.6 Å². The Bertz CT molecular complexity index is 1360. The third-order valence-corrected chi connectivity index (χ3v) is 6.55. The van der Waals surface area contributed by atoms with Crippen molar-refractivity contribution in [3.8, 4) is 11.5 Å². The lowest BCUT2D eigenvalue weighted by molar-refractivity contribution is -0.116. The van der Waals surface area contributed by atoms with Crippen LogP contribution in [0, 0.1) is 5.82 Å². The summed E-state index contributed by atoms with van der Waals surface area (Å²) in [5, 5.41) is 2.57. The minimum atomic E-state index is -3.92. The normalized spacial score (nSPS) is 12.3.